The highest BCUT2D eigenvalue weighted by molar-refractivity contribution is 5.76. The van der Waals surface area contributed by atoms with E-state index in [9.17, 15) is 4.79 Å². The summed E-state index contributed by atoms with van der Waals surface area (Å²) in [7, 11) is 0. The predicted octanol–water partition coefficient (Wildman–Crippen LogP) is 1.96. The maximum Gasteiger partial charge on any atom is 0.220 e. The first-order valence-electron chi connectivity index (χ1n) is 7.90. The molecule has 0 aromatic heterocycles. The van der Waals surface area contributed by atoms with E-state index in [1.807, 2.05) is 0 Å². The number of amides is 1. The number of rotatable bonds is 6. The molecule has 114 valence electrons. The van der Waals surface area contributed by atoms with Gasteiger partial charge in [-0.15, -0.1) is 0 Å². The molecule has 0 spiro atoms. The van der Waals surface area contributed by atoms with E-state index in [1.54, 1.807) is 0 Å². The molecule has 1 aliphatic heterocycles. The summed E-state index contributed by atoms with van der Waals surface area (Å²) in [4.78, 5) is 14.5. The summed E-state index contributed by atoms with van der Waals surface area (Å²) in [5, 5.41) is 3.14. The summed E-state index contributed by atoms with van der Waals surface area (Å²) < 4.78 is 5.42. The Bertz CT molecular complexity index is 350. The third-order valence-corrected chi connectivity index (χ3v) is 4.76. The Morgan fingerprint density at radius 2 is 2.20 bits per heavy atom. The standard InChI is InChI=1S/C16H28N2O2/c1-3-16(2,18-8-10-20-11-9-18)13-17-15(19)12-14-6-4-5-7-14/h4,6,14H,3,5,7-13H2,1-2H3,(H,17,19)/t14-,16+/m0/s1. The van der Waals surface area contributed by atoms with Crippen molar-refractivity contribution in [2.24, 2.45) is 5.92 Å². The fraction of sp³-hybridized carbons (Fsp3) is 0.812. The second-order valence-electron chi connectivity index (χ2n) is 6.20. The van der Waals surface area contributed by atoms with E-state index in [-0.39, 0.29) is 11.4 Å². The fourth-order valence-electron chi connectivity index (χ4n) is 3.03. The first kappa shape index (κ1) is 15.5. The lowest BCUT2D eigenvalue weighted by atomic mass is 9.95. The molecule has 0 bridgehead atoms. The Labute approximate surface area is 122 Å². The normalized spacial score (nSPS) is 26.4. The monoisotopic (exact) mass is 280 g/mol. The molecule has 0 unspecified atom stereocenters. The molecular weight excluding hydrogens is 252 g/mol. The highest BCUT2D eigenvalue weighted by Gasteiger charge is 2.31. The highest BCUT2D eigenvalue weighted by Crippen LogP contribution is 2.22. The van der Waals surface area contributed by atoms with Gasteiger partial charge in [-0.3, -0.25) is 9.69 Å². The Hall–Kier alpha value is -0.870. The Balaban J connectivity index is 1.79. The Kier molecular flexibility index (Phi) is 5.61. The van der Waals surface area contributed by atoms with Gasteiger partial charge in [-0.25, -0.2) is 0 Å². The zero-order valence-electron chi connectivity index (χ0n) is 12.9. The van der Waals surface area contributed by atoms with Crippen molar-refractivity contribution in [1.82, 2.24) is 10.2 Å². The van der Waals surface area contributed by atoms with Crippen molar-refractivity contribution in [3.05, 3.63) is 12.2 Å². The van der Waals surface area contributed by atoms with E-state index in [0.29, 0.717) is 12.3 Å². The molecule has 1 amide bonds. The number of carbonyl (C=O) groups excluding carboxylic acids is 1. The molecule has 1 saturated heterocycles. The molecule has 2 aliphatic rings. The number of hydrogen-bond donors (Lipinski definition) is 1. The molecule has 2 rings (SSSR count). The van der Waals surface area contributed by atoms with Gasteiger partial charge in [0.25, 0.3) is 0 Å². The van der Waals surface area contributed by atoms with Crippen molar-refractivity contribution in [3.8, 4) is 0 Å². The van der Waals surface area contributed by atoms with Gasteiger partial charge in [0, 0.05) is 31.6 Å². The lowest BCUT2D eigenvalue weighted by Crippen LogP contribution is -2.56. The molecule has 0 saturated carbocycles. The summed E-state index contributed by atoms with van der Waals surface area (Å²) in [6, 6.07) is 0. The molecular formula is C16H28N2O2. The molecule has 4 heteroatoms. The summed E-state index contributed by atoms with van der Waals surface area (Å²) in [5.74, 6) is 0.640. The number of allylic oxidation sites excluding steroid dienone is 2. The molecule has 0 aromatic rings. The molecule has 20 heavy (non-hydrogen) atoms. The van der Waals surface area contributed by atoms with Crippen LogP contribution in [0.25, 0.3) is 0 Å². The lowest BCUT2D eigenvalue weighted by molar-refractivity contribution is -0.122. The van der Waals surface area contributed by atoms with E-state index in [4.69, 9.17) is 4.74 Å². The van der Waals surface area contributed by atoms with Gasteiger partial charge in [-0.05, 0) is 32.1 Å². The number of morpholine rings is 1. The third-order valence-electron chi connectivity index (χ3n) is 4.76. The van der Waals surface area contributed by atoms with Gasteiger partial charge in [0.2, 0.25) is 5.91 Å². The van der Waals surface area contributed by atoms with Crippen LogP contribution in [0.1, 0.15) is 39.5 Å². The third kappa shape index (κ3) is 4.06. The largest absolute Gasteiger partial charge is 0.379 e. The maximum absolute atomic E-state index is 12.1. The molecule has 1 heterocycles. The van der Waals surface area contributed by atoms with Crippen molar-refractivity contribution in [2.45, 2.75) is 45.1 Å². The number of carbonyl (C=O) groups is 1. The van der Waals surface area contributed by atoms with Crippen molar-refractivity contribution < 1.29 is 9.53 Å². The van der Waals surface area contributed by atoms with E-state index in [0.717, 1.165) is 52.1 Å². The van der Waals surface area contributed by atoms with Crippen molar-refractivity contribution >= 4 is 5.91 Å². The first-order chi connectivity index (χ1) is 9.64. The zero-order valence-corrected chi connectivity index (χ0v) is 12.9. The Morgan fingerprint density at radius 3 is 2.80 bits per heavy atom. The van der Waals surface area contributed by atoms with Crippen LogP contribution >= 0.6 is 0 Å². The molecule has 1 aliphatic carbocycles. The predicted molar refractivity (Wildman–Crippen MR) is 80.6 cm³/mol. The average molecular weight is 280 g/mol. The number of nitrogens with one attached hydrogen (secondary N) is 1. The second-order valence-corrected chi connectivity index (χ2v) is 6.20. The number of nitrogens with zero attached hydrogens (tertiary/aromatic N) is 1. The topological polar surface area (TPSA) is 41.6 Å². The van der Waals surface area contributed by atoms with Gasteiger partial charge in [0.15, 0.2) is 0 Å². The van der Waals surface area contributed by atoms with Crippen LogP contribution in [0.3, 0.4) is 0 Å². The molecule has 2 atom stereocenters. The van der Waals surface area contributed by atoms with E-state index in [1.165, 1.54) is 0 Å². The van der Waals surface area contributed by atoms with Crippen LogP contribution in [-0.4, -0.2) is 49.2 Å². The van der Waals surface area contributed by atoms with Crippen LogP contribution in [0.4, 0.5) is 0 Å². The summed E-state index contributed by atoms with van der Waals surface area (Å²) in [6.07, 6.45) is 8.29. The molecule has 0 radical (unpaired) electrons. The molecule has 1 fully saturated rings. The van der Waals surface area contributed by atoms with Gasteiger partial charge < -0.3 is 10.1 Å². The van der Waals surface area contributed by atoms with Gasteiger partial charge >= 0.3 is 0 Å². The first-order valence-corrected chi connectivity index (χ1v) is 7.90. The van der Waals surface area contributed by atoms with Gasteiger partial charge in [-0.1, -0.05) is 19.1 Å². The molecule has 1 N–H and O–H groups in total. The number of ether oxygens (including phenoxy) is 1. The van der Waals surface area contributed by atoms with Crippen LogP contribution in [0.15, 0.2) is 12.2 Å². The van der Waals surface area contributed by atoms with Crippen LogP contribution in [0, 0.1) is 5.92 Å². The highest BCUT2D eigenvalue weighted by atomic mass is 16.5. The summed E-state index contributed by atoms with van der Waals surface area (Å²) >= 11 is 0. The quantitative estimate of drug-likeness (QED) is 0.756. The minimum atomic E-state index is 0.0466. The minimum Gasteiger partial charge on any atom is -0.379 e. The molecule has 4 nitrogen and oxygen atoms in total. The molecule has 0 aromatic carbocycles. The van der Waals surface area contributed by atoms with Crippen LogP contribution in [0.5, 0.6) is 0 Å². The SMILES string of the molecule is CC[C@](C)(CNC(=O)C[C@H]1C=CCC1)N1CCOCC1. The van der Waals surface area contributed by atoms with Crippen molar-refractivity contribution in [2.75, 3.05) is 32.8 Å². The van der Waals surface area contributed by atoms with Crippen LogP contribution in [-0.2, 0) is 9.53 Å². The average Bonchev–Trinajstić information content (AvgIpc) is 2.98. The fourth-order valence-corrected chi connectivity index (χ4v) is 3.03. The minimum absolute atomic E-state index is 0.0466. The van der Waals surface area contributed by atoms with Crippen LogP contribution < -0.4 is 5.32 Å². The van der Waals surface area contributed by atoms with E-state index >= 15 is 0 Å². The maximum atomic E-state index is 12.1. The van der Waals surface area contributed by atoms with Gasteiger partial charge in [-0.2, -0.15) is 0 Å². The van der Waals surface area contributed by atoms with Crippen molar-refractivity contribution in [1.29, 1.82) is 0 Å². The van der Waals surface area contributed by atoms with Gasteiger partial charge in [0.05, 0.1) is 13.2 Å². The summed E-state index contributed by atoms with van der Waals surface area (Å²) in [5.41, 5.74) is 0.0466. The second kappa shape index (κ2) is 7.23. The lowest BCUT2D eigenvalue weighted by Gasteiger charge is -2.43. The van der Waals surface area contributed by atoms with E-state index in [2.05, 4.69) is 36.2 Å². The Morgan fingerprint density at radius 1 is 1.45 bits per heavy atom. The number of hydrogen-bond acceptors (Lipinski definition) is 3. The summed E-state index contributed by atoms with van der Waals surface area (Å²) in [6.45, 7) is 8.71. The zero-order chi connectivity index (χ0) is 14.4. The smallest absolute Gasteiger partial charge is 0.220 e. The van der Waals surface area contributed by atoms with Gasteiger partial charge in [0.1, 0.15) is 0 Å². The van der Waals surface area contributed by atoms with E-state index < -0.39 is 0 Å². The van der Waals surface area contributed by atoms with Crippen molar-refractivity contribution in [3.63, 3.8) is 0 Å². The van der Waals surface area contributed by atoms with Crippen LogP contribution in [0.2, 0.25) is 0 Å².